The third-order valence-corrected chi connectivity index (χ3v) is 3.68. The second-order valence-electron chi connectivity index (χ2n) is 4.93. The molecule has 3 rings (SSSR count). The Balaban J connectivity index is 1.91. The predicted molar refractivity (Wildman–Crippen MR) is 84.2 cm³/mol. The van der Waals surface area contributed by atoms with Gasteiger partial charge in [0.15, 0.2) is 0 Å². The molecule has 3 aromatic rings. The van der Waals surface area contributed by atoms with E-state index in [0.717, 1.165) is 26.2 Å². The summed E-state index contributed by atoms with van der Waals surface area (Å²) in [6.07, 6.45) is 0. The Hall–Kier alpha value is -1.84. The van der Waals surface area contributed by atoms with Crippen LogP contribution in [0.5, 0.6) is 0 Å². The van der Waals surface area contributed by atoms with Crippen molar-refractivity contribution in [3.05, 3.63) is 48.5 Å². The quantitative estimate of drug-likeness (QED) is 0.695. The van der Waals surface area contributed by atoms with E-state index in [1.54, 1.807) is 7.11 Å². The van der Waals surface area contributed by atoms with Gasteiger partial charge in [-0.1, -0.05) is 36.4 Å². The maximum atomic E-state index is 5.05. The van der Waals surface area contributed by atoms with E-state index in [-0.39, 0.29) is 0 Å². The summed E-state index contributed by atoms with van der Waals surface area (Å²) >= 11 is 0. The summed E-state index contributed by atoms with van der Waals surface area (Å²) in [5.41, 5.74) is 2.62. The number of hydrogen-bond acceptors (Lipinski definition) is 2. The number of para-hydroxylation sites is 2. The Kier molecular flexibility index (Phi) is 4.00. The highest BCUT2D eigenvalue weighted by Gasteiger charge is 2.08. The first-order valence-electron chi connectivity index (χ1n) is 7.07. The number of ether oxygens (including phenoxy) is 1. The molecule has 0 bridgehead atoms. The van der Waals surface area contributed by atoms with E-state index in [1.165, 1.54) is 21.8 Å². The maximum absolute atomic E-state index is 5.05. The smallest absolute Gasteiger partial charge is 0.0587 e. The number of benzene rings is 2. The molecule has 1 N–H and O–H groups in total. The number of fused-ring (bicyclic) bond motifs is 3. The Morgan fingerprint density at radius 1 is 0.900 bits per heavy atom. The van der Waals surface area contributed by atoms with Crippen LogP contribution in [0.2, 0.25) is 0 Å². The van der Waals surface area contributed by atoms with Crippen molar-refractivity contribution in [1.29, 1.82) is 0 Å². The zero-order valence-electron chi connectivity index (χ0n) is 11.8. The van der Waals surface area contributed by atoms with Crippen molar-refractivity contribution >= 4 is 21.8 Å². The number of rotatable bonds is 6. The van der Waals surface area contributed by atoms with E-state index >= 15 is 0 Å². The first-order chi connectivity index (χ1) is 9.92. The molecule has 0 atom stereocenters. The van der Waals surface area contributed by atoms with Gasteiger partial charge in [-0.3, -0.25) is 0 Å². The lowest BCUT2D eigenvalue weighted by Crippen LogP contribution is -2.23. The lowest BCUT2D eigenvalue weighted by atomic mass is 10.2. The van der Waals surface area contributed by atoms with Crippen LogP contribution in [0.25, 0.3) is 21.8 Å². The standard InChI is InChI=1S/C17H20N2O/c1-20-13-11-18-10-12-19-16-8-4-2-6-14(16)15-7-3-5-9-17(15)19/h2-9,18H,10-13H2,1H3. The molecule has 0 aliphatic carbocycles. The molecular formula is C17H20N2O. The largest absolute Gasteiger partial charge is 0.383 e. The van der Waals surface area contributed by atoms with Gasteiger partial charge in [0.25, 0.3) is 0 Å². The minimum atomic E-state index is 0.757. The molecule has 0 saturated carbocycles. The third kappa shape index (κ3) is 2.42. The summed E-state index contributed by atoms with van der Waals surface area (Å²) in [6, 6.07) is 17.2. The van der Waals surface area contributed by atoms with Crippen LogP contribution in [0.15, 0.2) is 48.5 Å². The highest BCUT2D eigenvalue weighted by molar-refractivity contribution is 6.07. The highest BCUT2D eigenvalue weighted by Crippen LogP contribution is 2.28. The molecule has 0 aliphatic rings. The first-order valence-corrected chi connectivity index (χ1v) is 7.07. The summed E-state index contributed by atoms with van der Waals surface area (Å²) in [7, 11) is 1.73. The van der Waals surface area contributed by atoms with E-state index in [4.69, 9.17) is 4.74 Å². The van der Waals surface area contributed by atoms with Crippen molar-refractivity contribution < 1.29 is 4.74 Å². The normalized spacial score (nSPS) is 11.4. The minimum Gasteiger partial charge on any atom is -0.383 e. The SMILES string of the molecule is COCCNCCn1c2ccccc2c2ccccc21. The average molecular weight is 268 g/mol. The maximum Gasteiger partial charge on any atom is 0.0587 e. The highest BCUT2D eigenvalue weighted by atomic mass is 16.5. The van der Waals surface area contributed by atoms with Gasteiger partial charge in [0, 0.05) is 48.5 Å². The van der Waals surface area contributed by atoms with Gasteiger partial charge in [0.1, 0.15) is 0 Å². The van der Waals surface area contributed by atoms with Crippen LogP contribution in [0.3, 0.4) is 0 Å². The van der Waals surface area contributed by atoms with E-state index in [1.807, 2.05) is 0 Å². The molecule has 3 heteroatoms. The molecule has 0 amide bonds. The molecule has 0 saturated heterocycles. The van der Waals surface area contributed by atoms with Gasteiger partial charge in [-0.25, -0.2) is 0 Å². The third-order valence-electron chi connectivity index (χ3n) is 3.68. The molecule has 0 fully saturated rings. The summed E-state index contributed by atoms with van der Waals surface area (Å²) in [6.45, 7) is 3.57. The van der Waals surface area contributed by atoms with Crippen molar-refractivity contribution in [2.24, 2.45) is 0 Å². The summed E-state index contributed by atoms with van der Waals surface area (Å²) in [5, 5.41) is 6.07. The molecule has 3 nitrogen and oxygen atoms in total. The zero-order chi connectivity index (χ0) is 13.8. The zero-order valence-corrected chi connectivity index (χ0v) is 11.8. The second-order valence-corrected chi connectivity index (χ2v) is 4.93. The number of nitrogens with one attached hydrogen (secondary N) is 1. The molecular weight excluding hydrogens is 248 g/mol. The fraction of sp³-hybridized carbons (Fsp3) is 0.294. The van der Waals surface area contributed by atoms with Gasteiger partial charge in [-0.2, -0.15) is 0 Å². The van der Waals surface area contributed by atoms with E-state index in [0.29, 0.717) is 0 Å². The molecule has 0 spiro atoms. The Morgan fingerprint density at radius 3 is 2.10 bits per heavy atom. The molecule has 1 heterocycles. The van der Waals surface area contributed by atoms with Crippen molar-refractivity contribution in [1.82, 2.24) is 9.88 Å². The summed E-state index contributed by atoms with van der Waals surface area (Å²) in [5.74, 6) is 0. The summed E-state index contributed by atoms with van der Waals surface area (Å²) in [4.78, 5) is 0. The molecule has 2 aromatic carbocycles. The Bertz CT molecular complexity index is 649. The molecule has 1 aromatic heterocycles. The van der Waals surface area contributed by atoms with E-state index < -0.39 is 0 Å². The number of hydrogen-bond donors (Lipinski definition) is 1. The van der Waals surface area contributed by atoms with Gasteiger partial charge in [-0.15, -0.1) is 0 Å². The van der Waals surface area contributed by atoms with Gasteiger partial charge in [-0.05, 0) is 12.1 Å². The van der Waals surface area contributed by atoms with Crippen molar-refractivity contribution in [3.63, 3.8) is 0 Å². The lowest BCUT2D eigenvalue weighted by molar-refractivity contribution is 0.199. The van der Waals surface area contributed by atoms with Gasteiger partial charge >= 0.3 is 0 Å². The molecule has 104 valence electrons. The van der Waals surface area contributed by atoms with E-state index in [2.05, 4.69) is 58.4 Å². The molecule has 20 heavy (non-hydrogen) atoms. The number of aromatic nitrogens is 1. The fourth-order valence-electron chi connectivity index (χ4n) is 2.73. The van der Waals surface area contributed by atoms with Crippen molar-refractivity contribution in [2.45, 2.75) is 6.54 Å². The number of methoxy groups -OCH3 is 1. The minimum absolute atomic E-state index is 0.757. The van der Waals surface area contributed by atoms with Gasteiger partial charge in [0.2, 0.25) is 0 Å². The summed E-state index contributed by atoms with van der Waals surface area (Å²) < 4.78 is 7.44. The van der Waals surface area contributed by atoms with Crippen LogP contribution in [0.1, 0.15) is 0 Å². The van der Waals surface area contributed by atoms with Crippen LogP contribution < -0.4 is 5.32 Å². The Labute approximate surface area is 119 Å². The molecule has 0 unspecified atom stereocenters. The lowest BCUT2D eigenvalue weighted by Gasteiger charge is -2.08. The van der Waals surface area contributed by atoms with Crippen LogP contribution in [0, 0.1) is 0 Å². The molecule has 0 aliphatic heterocycles. The van der Waals surface area contributed by atoms with E-state index in [9.17, 15) is 0 Å². The van der Waals surface area contributed by atoms with Crippen LogP contribution in [-0.4, -0.2) is 31.4 Å². The predicted octanol–water partition coefficient (Wildman–Crippen LogP) is 3.03. The molecule has 0 radical (unpaired) electrons. The van der Waals surface area contributed by atoms with Crippen molar-refractivity contribution in [2.75, 3.05) is 26.8 Å². The number of nitrogens with zero attached hydrogens (tertiary/aromatic N) is 1. The second kappa shape index (κ2) is 6.07. The Morgan fingerprint density at radius 2 is 1.50 bits per heavy atom. The van der Waals surface area contributed by atoms with Gasteiger partial charge < -0.3 is 14.6 Å². The first kappa shape index (κ1) is 13.2. The average Bonchev–Trinajstić information content (AvgIpc) is 2.82. The monoisotopic (exact) mass is 268 g/mol. The van der Waals surface area contributed by atoms with Crippen molar-refractivity contribution in [3.8, 4) is 0 Å². The topological polar surface area (TPSA) is 26.2 Å². The van der Waals surface area contributed by atoms with Crippen LogP contribution in [0.4, 0.5) is 0 Å². The van der Waals surface area contributed by atoms with Crippen LogP contribution >= 0.6 is 0 Å². The fourth-order valence-corrected chi connectivity index (χ4v) is 2.73. The van der Waals surface area contributed by atoms with Crippen LogP contribution in [-0.2, 0) is 11.3 Å². The van der Waals surface area contributed by atoms with Gasteiger partial charge in [0.05, 0.1) is 6.61 Å².